The zero-order valence-electron chi connectivity index (χ0n) is 12.7. The minimum absolute atomic E-state index is 0.0266. The standard InChI is InChI=1S/C16H15BrFNO4S/c1-23-16(20)15(10-11-2-6-13(18)7-3-11)19-24(21,22)14-8-4-12(17)5-9-14/h2-9,15,19H,10H2,1H3. The summed E-state index contributed by atoms with van der Waals surface area (Å²) in [4.78, 5) is 11.9. The lowest BCUT2D eigenvalue weighted by Gasteiger charge is -2.17. The molecule has 0 aliphatic carbocycles. The van der Waals surface area contributed by atoms with Crippen LogP contribution in [0.1, 0.15) is 5.56 Å². The molecule has 0 saturated heterocycles. The molecule has 1 unspecified atom stereocenters. The topological polar surface area (TPSA) is 72.5 Å². The second-order valence-electron chi connectivity index (χ2n) is 4.98. The number of nitrogens with one attached hydrogen (secondary N) is 1. The van der Waals surface area contributed by atoms with Crippen LogP contribution in [0.4, 0.5) is 4.39 Å². The fraction of sp³-hybridized carbons (Fsp3) is 0.188. The van der Waals surface area contributed by atoms with Gasteiger partial charge in [0.2, 0.25) is 10.0 Å². The van der Waals surface area contributed by atoms with Gasteiger partial charge in [-0.25, -0.2) is 12.8 Å². The van der Waals surface area contributed by atoms with Crippen LogP contribution in [0.15, 0.2) is 57.9 Å². The first-order chi connectivity index (χ1) is 11.3. The summed E-state index contributed by atoms with van der Waals surface area (Å²) in [6, 6.07) is 10.3. The SMILES string of the molecule is COC(=O)C(Cc1ccc(F)cc1)NS(=O)(=O)c1ccc(Br)cc1. The molecular formula is C16H15BrFNO4S. The molecule has 0 amide bonds. The third kappa shape index (κ3) is 4.86. The molecule has 2 rings (SSSR count). The summed E-state index contributed by atoms with van der Waals surface area (Å²) < 4.78 is 45.5. The van der Waals surface area contributed by atoms with Gasteiger partial charge in [0, 0.05) is 4.47 Å². The van der Waals surface area contributed by atoms with Gasteiger partial charge < -0.3 is 4.74 Å². The lowest BCUT2D eigenvalue weighted by atomic mass is 10.1. The first kappa shape index (κ1) is 18.6. The zero-order chi connectivity index (χ0) is 17.7. The van der Waals surface area contributed by atoms with E-state index in [9.17, 15) is 17.6 Å². The van der Waals surface area contributed by atoms with Gasteiger partial charge in [-0.3, -0.25) is 4.79 Å². The third-order valence-electron chi connectivity index (χ3n) is 3.26. The highest BCUT2D eigenvalue weighted by Crippen LogP contribution is 2.16. The van der Waals surface area contributed by atoms with Gasteiger partial charge in [-0.1, -0.05) is 28.1 Å². The predicted molar refractivity (Wildman–Crippen MR) is 90.4 cm³/mol. The maximum absolute atomic E-state index is 13.0. The monoisotopic (exact) mass is 415 g/mol. The Morgan fingerprint density at radius 3 is 2.29 bits per heavy atom. The van der Waals surface area contributed by atoms with Gasteiger partial charge in [0.1, 0.15) is 11.9 Å². The minimum Gasteiger partial charge on any atom is -0.468 e. The minimum atomic E-state index is -3.91. The number of hydrogen-bond donors (Lipinski definition) is 1. The Labute approximate surface area is 148 Å². The number of carbonyl (C=O) groups is 1. The number of rotatable bonds is 6. The Bertz CT molecular complexity index is 807. The molecule has 0 spiro atoms. The van der Waals surface area contributed by atoms with Crippen LogP contribution in [-0.4, -0.2) is 27.5 Å². The number of carbonyl (C=O) groups excluding carboxylic acids is 1. The van der Waals surface area contributed by atoms with Crippen LogP contribution in [-0.2, 0) is 26.0 Å². The lowest BCUT2D eigenvalue weighted by molar-refractivity contribution is -0.142. The number of ether oxygens (including phenoxy) is 1. The summed E-state index contributed by atoms with van der Waals surface area (Å²) >= 11 is 3.23. The number of halogens is 2. The highest BCUT2D eigenvalue weighted by molar-refractivity contribution is 9.10. The van der Waals surface area contributed by atoms with Crippen LogP contribution in [0.25, 0.3) is 0 Å². The molecule has 1 N–H and O–H groups in total. The van der Waals surface area contributed by atoms with E-state index in [0.717, 1.165) is 4.47 Å². The number of methoxy groups -OCH3 is 1. The van der Waals surface area contributed by atoms with Crippen molar-refractivity contribution >= 4 is 31.9 Å². The summed E-state index contributed by atoms with van der Waals surface area (Å²) in [6.07, 6.45) is 0.0444. The van der Waals surface area contributed by atoms with E-state index >= 15 is 0 Å². The van der Waals surface area contributed by atoms with E-state index in [1.54, 1.807) is 12.1 Å². The first-order valence-corrected chi connectivity index (χ1v) is 9.19. The zero-order valence-corrected chi connectivity index (χ0v) is 15.1. The maximum atomic E-state index is 13.0. The van der Waals surface area contributed by atoms with Gasteiger partial charge in [0.15, 0.2) is 0 Å². The van der Waals surface area contributed by atoms with Crippen molar-refractivity contribution in [2.24, 2.45) is 0 Å². The molecule has 0 bridgehead atoms. The van der Waals surface area contributed by atoms with E-state index < -0.39 is 27.9 Å². The average molecular weight is 416 g/mol. The molecule has 0 aromatic heterocycles. The molecule has 2 aromatic carbocycles. The summed E-state index contributed by atoms with van der Waals surface area (Å²) in [7, 11) is -2.73. The fourth-order valence-electron chi connectivity index (χ4n) is 2.04. The van der Waals surface area contributed by atoms with E-state index in [1.807, 2.05) is 0 Å². The molecule has 128 valence electrons. The van der Waals surface area contributed by atoms with E-state index in [0.29, 0.717) is 5.56 Å². The average Bonchev–Trinajstić information content (AvgIpc) is 2.55. The summed E-state index contributed by atoms with van der Waals surface area (Å²) in [5, 5.41) is 0. The third-order valence-corrected chi connectivity index (χ3v) is 5.28. The van der Waals surface area contributed by atoms with E-state index in [2.05, 4.69) is 25.4 Å². The van der Waals surface area contributed by atoms with Gasteiger partial charge in [-0.15, -0.1) is 0 Å². The Kier molecular flexibility index (Phi) is 6.09. The van der Waals surface area contributed by atoms with E-state index in [-0.39, 0.29) is 11.3 Å². The van der Waals surface area contributed by atoms with Gasteiger partial charge in [0.25, 0.3) is 0 Å². The number of esters is 1. The quantitative estimate of drug-likeness (QED) is 0.736. The molecule has 0 radical (unpaired) electrons. The van der Waals surface area contributed by atoms with Crippen molar-refractivity contribution in [3.63, 3.8) is 0 Å². The maximum Gasteiger partial charge on any atom is 0.324 e. The lowest BCUT2D eigenvalue weighted by Crippen LogP contribution is -2.42. The van der Waals surface area contributed by atoms with Gasteiger partial charge >= 0.3 is 5.97 Å². The molecular weight excluding hydrogens is 401 g/mol. The van der Waals surface area contributed by atoms with Crippen LogP contribution in [0.3, 0.4) is 0 Å². The smallest absolute Gasteiger partial charge is 0.324 e. The number of hydrogen-bond acceptors (Lipinski definition) is 4. The predicted octanol–water partition coefficient (Wildman–Crippen LogP) is 2.65. The summed E-state index contributed by atoms with van der Waals surface area (Å²) in [5.41, 5.74) is 0.602. The number of benzene rings is 2. The Hall–Kier alpha value is -1.77. The van der Waals surface area contributed by atoms with Crippen molar-refractivity contribution in [2.45, 2.75) is 17.4 Å². The van der Waals surface area contributed by atoms with Crippen molar-refractivity contribution in [3.8, 4) is 0 Å². The molecule has 0 aliphatic heterocycles. The van der Waals surface area contributed by atoms with Crippen LogP contribution >= 0.6 is 15.9 Å². The first-order valence-electron chi connectivity index (χ1n) is 6.92. The second kappa shape index (κ2) is 7.87. The van der Waals surface area contributed by atoms with Crippen LogP contribution in [0.5, 0.6) is 0 Å². The van der Waals surface area contributed by atoms with E-state index in [4.69, 9.17) is 0 Å². The van der Waals surface area contributed by atoms with Crippen molar-refractivity contribution in [1.29, 1.82) is 0 Å². The molecule has 1 atom stereocenters. The fourth-order valence-corrected chi connectivity index (χ4v) is 3.49. The molecule has 0 aliphatic rings. The van der Waals surface area contributed by atoms with E-state index in [1.165, 1.54) is 43.5 Å². The van der Waals surface area contributed by atoms with Crippen molar-refractivity contribution in [2.75, 3.05) is 7.11 Å². The Balaban J connectivity index is 2.23. The molecule has 0 heterocycles. The second-order valence-corrected chi connectivity index (χ2v) is 7.61. The van der Waals surface area contributed by atoms with Crippen molar-refractivity contribution in [1.82, 2.24) is 4.72 Å². The largest absolute Gasteiger partial charge is 0.468 e. The van der Waals surface area contributed by atoms with Crippen molar-refractivity contribution in [3.05, 3.63) is 64.4 Å². The van der Waals surface area contributed by atoms with Gasteiger partial charge in [-0.05, 0) is 48.4 Å². The Morgan fingerprint density at radius 2 is 1.75 bits per heavy atom. The highest BCUT2D eigenvalue weighted by atomic mass is 79.9. The Morgan fingerprint density at radius 1 is 1.17 bits per heavy atom. The normalized spacial score (nSPS) is 12.6. The van der Waals surface area contributed by atoms with Crippen LogP contribution < -0.4 is 4.72 Å². The molecule has 8 heteroatoms. The summed E-state index contributed by atoms with van der Waals surface area (Å²) in [6.45, 7) is 0. The highest BCUT2D eigenvalue weighted by Gasteiger charge is 2.26. The van der Waals surface area contributed by atoms with Gasteiger partial charge in [0.05, 0.1) is 12.0 Å². The number of sulfonamides is 1. The molecule has 5 nitrogen and oxygen atoms in total. The molecule has 2 aromatic rings. The van der Waals surface area contributed by atoms with Crippen LogP contribution in [0.2, 0.25) is 0 Å². The molecule has 0 fully saturated rings. The summed E-state index contributed by atoms with van der Waals surface area (Å²) in [5.74, 6) is -1.14. The molecule has 24 heavy (non-hydrogen) atoms. The van der Waals surface area contributed by atoms with Crippen LogP contribution in [0, 0.1) is 5.82 Å². The molecule has 0 saturated carbocycles. The van der Waals surface area contributed by atoms with Gasteiger partial charge in [-0.2, -0.15) is 4.72 Å². The van der Waals surface area contributed by atoms with Crippen molar-refractivity contribution < 1.29 is 22.3 Å².